The molecule has 0 radical (unpaired) electrons. The molecule has 0 bridgehead atoms. The van der Waals surface area contributed by atoms with Gasteiger partial charge in [0.25, 0.3) is 23.6 Å². The molecule has 0 aromatic heterocycles. The lowest BCUT2D eigenvalue weighted by molar-refractivity contribution is -0.0761. The van der Waals surface area contributed by atoms with Crippen LogP contribution in [-0.2, 0) is 23.5 Å². The summed E-state index contributed by atoms with van der Waals surface area (Å²) in [4.78, 5) is 49.5. The van der Waals surface area contributed by atoms with Crippen LogP contribution in [0.3, 0.4) is 0 Å². The molecule has 0 spiro atoms. The third-order valence-electron chi connectivity index (χ3n) is 8.72. The lowest BCUT2D eigenvalue weighted by atomic mass is 9.92. The first-order chi connectivity index (χ1) is 29.5. The van der Waals surface area contributed by atoms with E-state index in [2.05, 4.69) is 38.6 Å². The third-order valence-corrected chi connectivity index (χ3v) is 10.7. The maximum Gasteiger partial charge on any atom is 0.525 e. The molecule has 0 atom stereocenters. The summed E-state index contributed by atoms with van der Waals surface area (Å²) in [6.45, 7) is 0. The molecule has 4 amide bonds. The van der Waals surface area contributed by atoms with Gasteiger partial charge in [-0.1, -0.05) is 84.3 Å². The Kier molecular flexibility index (Phi) is 12.5. The Morgan fingerprint density at radius 1 is 0.492 bits per heavy atom. The molecule has 6 aromatic carbocycles. The maximum atomic E-state index is 12.7. The number of hydrogen-bond donors (Lipinski definition) is 1. The van der Waals surface area contributed by atoms with Crippen molar-refractivity contribution in [3.05, 3.63) is 166 Å². The second-order valence-corrected chi connectivity index (χ2v) is 16.8. The van der Waals surface area contributed by atoms with Crippen molar-refractivity contribution in [1.82, 2.24) is 10.1 Å². The summed E-state index contributed by atoms with van der Waals surface area (Å²) in [6, 6.07) is 34.1. The Morgan fingerprint density at radius 2 is 0.857 bits per heavy atom. The van der Waals surface area contributed by atoms with Gasteiger partial charge in [-0.25, -0.2) is 8.42 Å². The van der Waals surface area contributed by atoms with Gasteiger partial charge >= 0.3 is 30.2 Å². The number of carbonyl (C=O) groups is 4. The molecule has 0 unspecified atom stereocenters. The first-order valence-corrected chi connectivity index (χ1v) is 21.0. The van der Waals surface area contributed by atoms with Gasteiger partial charge in [-0.05, 0) is 71.4 Å². The molecule has 0 aliphatic carbocycles. The standard InChI is InChI=1S/C21H10F3NO5S.C20H11NO3.CClF3O2S/c22-21(23,24)31(28,29)30-25-19(26)16-8-4-7-15-14(10-9-13-5-2-1-3-6-13)11-12-17(18(15)16)20(25)27;22-19-16-8-4-7-15-14(10-9-13-5-2-1-3-6-13)11-12-17(18(15)16)20(23)21(19)24;2-8(6,7)1(3,4)5/h1-8,11-12H;1-8,11-12,24H;. The topological polar surface area (TPSA) is 172 Å². The number of nitrogens with zero attached hydrogens (tertiary/aromatic N) is 2. The molecule has 0 saturated carbocycles. The largest absolute Gasteiger partial charge is 0.525 e. The highest BCUT2D eigenvalue weighted by molar-refractivity contribution is 8.14. The number of halogens is 7. The highest BCUT2D eigenvalue weighted by Crippen LogP contribution is 2.35. The van der Waals surface area contributed by atoms with Crippen LogP contribution in [0, 0.1) is 23.7 Å². The Labute approximate surface area is 356 Å². The van der Waals surface area contributed by atoms with Crippen LogP contribution in [0.25, 0.3) is 21.5 Å². The molecule has 8 rings (SSSR count). The van der Waals surface area contributed by atoms with Crippen LogP contribution in [0.1, 0.15) is 63.7 Å². The lowest BCUT2D eigenvalue weighted by Crippen LogP contribution is -2.44. The van der Waals surface area contributed by atoms with E-state index in [-0.39, 0.29) is 21.6 Å². The summed E-state index contributed by atoms with van der Waals surface area (Å²) in [6.07, 6.45) is 0. The first kappa shape index (κ1) is 45.5. The van der Waals surface area contributed by atoms with Crippen molar-refractivity contribution in [3.8, 4) is 23.7 Å². The molecule has 2 aliphatic rings. The normalized spacial score (nSPS) is 13.5. The fourth-order valence-corrected chi connectivity index (χ4v) is 6.32. The summed E-state index contributed by atoms with van der Waals surface area (Å²) < 4.78 is 116. The molecule has 0 fully saturated rings. The van der Waals surface area contributed by atoms with E-state index >= 15 is 0 Å². The van der Waals surface area contributed by atoms with E-state index in [1.807, 2.05) is 54.6 Å². The number of rotatable bonds is 2. The van der Waals surface area contributed by atoms with E-state index in [1.165, 1.54) is 24.3 Å². The lowest BCUT2D eigenvalue weighted by Gasteiger charge is -2.25. The van der Waals surface area contributed by atoms with Crippen molar-refractivity contribution in [2.45, 2.75) is 11.0 Å². The summed E-state index contributed by atoms with van der Waals surface area (Å²) in [5.74, 6) is 7.98. The van der Waals surface area contributed by atoms with Crippen LogP contribution in [-0.4, -0.2) is 66.8 Å². The van der Waals surface area contributed by atoms with Crippen LogP contribution >= 0.6 is 10.7 Å². The zero-order valence-electron chi connectivity index (χ0n) is 31.0. The van der Waals surface area contributed by atoms with Crippen molar-refractivity contribution >= 4 is 75.0 Å². The van der Waals surface area contributed by atoms with E-state index in [0.717, 1.165) is 22.1 Å². The van der Waals surface area contributed by atoms with Crippen LogP contribution in [0.5, 0.6) is 0 Å². The number of amides is 4. The highest BCUT2D eigenvalue weighted by atomic mass is 35.7. The van der Waals surface area contributed by atoms with Crippen molar-refractivity contribution in [2.75, 3.05) is 0 Å². The van der Waals surface area contributed by atoms with Crippen LogP contribution in [0.15, 0.2) is 121 Å². The predicted molar refractivity (Wildman–Crippen MR) is 212 cm³/mol. The fourth-order valence-electron chi connectivity index (χ4n) is 5.91. The molecular weight excluding hydrogens is 906 g/mol. The second-order valence-electron chi connectivity index (χ2n) is 12.7. The summed E-state index contributed by atoms with van der Waals surface area (Å²) in [5, 5.41) is 11.3. The minimum absolute atomic E-state index is 0.154. The van der Waals surface area contributed by atoms with Crippen LogP contribution in [0.2, 0.25) is 0 Å². The second kappa shape index (κ2) is 17.4. The van der Waals surface area contributed by atoms with Crippen molar-refractivity contribution < 1.29 is 71.8 Å². The Morgan fingerprint density at radius 3 is 1.24 bits per heavy atom. The molecule has 2 heterocycles. The molecule has 320 valence electrons. The molecule has 21 heteroatoms. The average Bonchev–Trinajstić information content (AvgIpc) is 3.24. The number of carbonyl (C=O) groups excluding carboxylic acids is 4. The number of imide groups is 2. The molecule has 0 saturated heterocycles. The minimum Gasteiger partial charge on any atom is -0.278 e. The zero-order chi connectivity index (χ0) is 46.1. The monoisotopic (exact) mass is 926 g/mol. The molecule has 2 aliphatic heterocycles. The summed E-state index contributed by atoms with van der Waals surface area (Å²) >= 11 is 0. The molecule has 1 N–H and O–H groups in total. The summed E-state index contributed by atoms with van der Waals surface area (Å²) in [7, 11) is -7.73. The van der Waals surface area contributed by atoms with E-state index in [9.17, 15) is 67.6 Å². The number of alkyl halides is 6. The third kappa shape index (κ3) is 9.40. The van der Waals surface area contributed by atoms with Gasteiger partial charge in [0, 0.05) is 43.7 Å². The maximum absolute atomic E-state index is 12.7. The van der Waals surface area contributed by atoms with E-state index in [1.54, 1.807) is 42.5 Å². The Bertz CT molecular complexity index is 3190. The quantitative estimate of drug-likeness (QED) is 0.0449. The van der Waals surface area contributed by atoms with Crippen molar-refractivity contribution in [3.63, 3.8) is 0 Å². The van der Waals surface area contributed by atoms with Gasteiger partial charge in [-0.3, -0.25) is 24.4 Å². The number of hydrogen-bond acceptors (Lipinski definition) is 10. The Balaban J connectivity index is 0.000000183. The van der Waals surface area contributed by atoms with E-state index in [0.29, 0.717) is 27.5 Å². The molecule has 12 nitrogen and oxygen atoms in total. The van der Waals surface area contributed by atoms with Crippen LogP contribution < -0.4 is 0 Å². The van der Waals surface area contributed by atoms with E-state index < -0.39 is 58.9 Å². The fraction of sp³-hybridized carbons (Fsp3) is 0.0476. The first-order valence-electron chi connectivity index (χ1n) is 17.3. The SMILES string of the molecule is O=C1c2cccc3c(C#Cc4ccccc4)ccc(c23)C(=O)N1O.O=C1c2cccc3c(C#Cc4ccccc4)ccc(c23)C(=O)N1OS(=O)(=O)C(F)(F)F.O=S(=O)(Cl)C(F)(F)F. The van der Waals surface area contributed by atoms with Crippen LogP contribution in [0.4, 0.5) is 26.3 Å². The Hall–Kier alpha value is -7.07. The minimum atomic E-state index is -6.22. The molecular formula is C42H21ClF6N2O10S2. The zero-order valence-corrected chi connectivity index (χ0v) is 33.4. The van der Waals surface area contributed by atoms with Gasteiger partial charge in [0.2, 0.25) is 0 Å². The summed E-state index contributed by atoms with van der Waals surface area (Å²) in [5.41, 5.74) is -8.10. The van der Waals surface area contributed by atoms with Crippen molar-refractivity contribution in [2.24, 2.45) is 0 Å². The number of hydroxylamine groups is 4. The molecule has 6 aromatic rings. The van der Waals surface area contributed by atoms with Gasteiger partial charge in [0.05, 0.1) is 22.3 Å². The predicted octanol–water partition coefficient (Wildman–Crippen LogP) is 7.92. The van der Waals surface area contributed by atoms with E-state index in [4.69, 9.17) is 0 Å². The number of benzene rings is 6. The van der Waals surface area contributed by atoms with Gasteiger partial charge in [0.15, 0.2) is 0 Å². The average molecular weight is 927 g/mol. The van der Waals surface area contributed by atoms with Gasteiger partial charge in [-0.2, -0.15) is 34.8 Å². The molecule has 63 heavy (non-hydrogen) atoms. The van der Waals surface area contributed by atoms with Gasteiger partial charge < -0.3 is 0 Å². The smallest absolute Gasteiger partial charge is 0.278 e. The highest BCUT2D eigenvalue weighted by Gasteiger charge is 2.51. The van der Waals surface area contributed by atoms with Crippen molar-refractivity contribution in [1.29, 1.82) is 0 Å². The van der Waals surface area contributed by atoms with Gasteiger partial charge in [-0.15, -0.1) is 14.4 Å². The van der Waals surface area contributed by atoms with Gasteiger partial charge in [0.1, 0.15) is 0 Å².